The van der Waals surface area contributed by atoms with Crippen LogP contribution >= 0.6 is 0 Å². The highest BCUT2D eigenvalue weighted by Gasteiger charge is 2.35. The van der Waals surface area contributed by atoms with Gasteiger partial charge in [-0.15, -0.1) is 0 Å². The molecule has 3 atom stereocenters. The Morgan fingerprint density at radius 3 is 2.91 bits per heavy atom. The maximum Gasteiger partial charge on any atom is 0.330 e. The van der Waals surface area contributed by atoms with Gasteiger partial charge in [-0.05, 0) is 0 Å². The Morgan fingerprint density at radius 1 is 1.57 bits per heavy atom. The van der Waals surface area contributed by atoms with Crippen molar-refractivity contribution in [1.82, 2.24) is 9.55 Å². The molecular weight excluding hydrogens is 308 g/mol. The van der Waals surface area contributed by atoms with Gasteiger partial charge in [-0.1, -0.05) is 12.2 Å². The van der Waals surface area contributed by atoms with Gasteiger partial charge in [0.1, 0.15) is 12.3 Å². The van der Waals surface area contributed by atoms with Gasteiger partial charge in [0, 0.05) is 12.6 Å². The van der Waals surface area contributed by atoms with Crippen LogP contribution in [0.2, 0.25) is 0 Å². The van der Waals surface area contributed by atoms with Crippen LogP contribution in [0, 0.1) is 0 Å². The van der Waals surface area contributed by atoms with E-state index < -0.39 is 35.7 Å². The van der Waals surface area contributed by atoms with Crippen molar-refractivity contribution in [2.75, 3.05) is 13.7 Å². The number of ether oxygens (including phenoxy) is 2. The number of hydrogen-bond acceptors (Lipinski definition) is 7. The lowest BCUT2D eigenvalue weighted by atomic mass is 10.2. The SMILES string of the molecule is COC(=O)C/C=C/c1cn([C@H]2CC(O)[C@@H](CO)O2)c(=O)[nH]c1=O. The Kier molecular flexibility index (Phi) is 5.48. The van der Waals surface area contributed by atoms with Gasteiger partial charge in [0.25, 0.3) is 5.56 Å². The van der Waals surface area contributed by atoms with Crippen molar-refractivity contribution in [3.05, 3.63) is 38.7 Å². The van der Waals surface area contributed by atoms with E-state index in [1.807, 2.05) is 0 Å². The highest BCUT2D eigenvalue weighted by Crippen LogP contribution is 2.27. The van der Waals surface area contributed by atoms with E-state index in [0.717, 1.165) is 4.57 Å². The molecule has 0 amide bonds. The molecule has 1 aliphatic heterocycles. The number of rotatable bonds is 5. The molecule has 1 aromatic rings. The number of H-pyrrole nitrogens is 1. The van der Waals surface area contributed by atoms with Gasteiger partial charge in [0.15, 0.2) is 0 Å². The van der Waals surface area contributed by atoms with E-state index >= 15 is 0 Å². The first-order valence-electron chi connectivity index (χ1n) is 6.99. The smallest absolute Gasteiger partial charge is 0.330 e. The van der Waals surface area contributed by atoms with Crippen molar-refractivity contribution >= 4 is 12.0 Å². The molecule has 1 aliphatic rings. The van der Waals surface area contributed by atoms with Crippen molar-refractivity contribution in [2.45, 2.75) is 31.3 Å². The molecule has 23 heavy (non-hydrogen) atoms. The first-order valence-corrected chi connectivity index (χ1v) is 6.99. The van der Waals surface area contributed by atoms with Crippen molar-refractivity contribution in [3.63, 3.8) is 0 Å². The summed E-state index contributed by atoms with van der Waals surface area (Å²) < 4.78 is 11.0. The molecule has 2 heterocycles. The van der Waals surface area contributed by atoms with Gasteiger partial charge < -0.3 is 19.7 Å². The number of nitrogens with one attached hydrogen (secondary N) is 1. The van der Waals surface area contributed by atoms with Crippen LogP contribution in [0.25, 0.3) is 6.08 Å². The van der Waals surface area contributed by atoms with Crippen LogP contribution in [-0.2, 0) is 14.3 Å². The van der Waals surface area contributed by atoms with Crippen LogP contribution in [0.1, 0.15) is 24.6 Å². The molecule has 0 saturated carbocycles. The molecule has 3 N–H and O–H groups in total. The fraction of sp³-hybridized carbons (Fsp3) is 0.500. The summed E-state index contributed by atoms with van der Waals surface area (Å²) in [6.45, 7) is -0.373. The Balaban J connectivity index is 2.25. The van der Waals surface area contributed by atoms with Crippen LogP contribution in [0.5, 0.6) is 0 Å². The highest BCUT2D eigenvalue weighted by molar-refractivity contribution is 5.72. The number of aliphatic hydroxyl groups is 2. The van der Waals surface area contributed by atoms with Gasteiger partial charge in [-0.25, -0.2) is 4.79 Å². The molecule has 2 rings (SSSR count). The zero-order valence-electron chi connectivity index (χ0n) is 12.5. The third-order valence-electron chi connectivity index (χ3n) is 3.50. The van der Waals surface area contributed by atoms with Crippen LogP contribution in [0.4, 0.5) is 0 Å². The van der Waals surface area contributed by atoms with E-state index in [2.05, 4.69) is 9.72 Å². The average Bonchev–Trinajstić information content (AvgIpc) is 2.89. The first kappa shape index (κ1) is 17.1. The summed E-state index contributed by atoms with van der Waals surface area (Å²) in [5.41, 5.74) is -1.14. The predicted octanol–water partition coefficient (Wildman–Crippen LogP) is -1.25. The van der Waals surface area contributed by atoms with Crippen LogP contribution in [0.15, 0.2) is 21.9 Å². The standard InChI is InChI=1S/C14H18N2O7/c1-22-12(19)4-2-3-8-6-16(14(21)15-13(8)20)11-5-9(18)10(7-17)23-11/h2-3,6,9-11,17-18H,4-5,7H2,1H3,(H,15,20,21)/b3-2+/t9?,10-,11-/m1/s1. The molecule has 9 nitrogen and oxygen atoms in total. The number of esters is 1. The summed E-state index contributed by atoms with van der Waals surface area (Å²) in [4.78, 5) is 36.8. The summed E-state index contributed by atoms with van der Waals surface area (Å²) in [5.74, 6) is -0.459. The summed E-state index contributed by atoms with van der Waals surface area (Å²) >= 11 is 0. The molecule has 0 aromatic carbocycles. The van der Waals surface area contributed by atoms with Gasteiger partial charge in [-0.2, -0.15) is 0 Å². The second kappa shape index (κ2) is 7.36. The minimum absolute atomic E-state index is 0.0136. The van der Waals surface area contributed by atoms with Crippen molar-refractivity contribution in [3.8, 4) is 0 Å². The van der Waals surface area contributed by atoms with Gasteiger partial charge in [0.2, 0.25) is 0 Å². The monoisotopic (exact) mass is 326 g/mol. The van der Waals surface area contributed by atoms with Crippen LogP contribution < -0.4 is 11.2 Å². The number of aromatic nitrogens is 2. The van der Waals surface area contributed by atoms with Crippen molar-refractivity contribution in [2.24, 2.45) is 0 Å². The summed E-state index contributed by atoms with van der Waals surface area (Å²) in [6.07, 6.45) is 1.74. The summed E-state index contributed by atoms with van der Waals surface area (Å²) in [5, 5.41) is 18.8. The van der Waals surface area contributed by atoms with Crippen molar-refractivity contribution < 1.29 is 24.5 Å². The molecule has 0 spiro atoms. The zero-order valence-corrected chi connectivity index (χ0v) is 12.5. The minimum atomic E-state index is -0.901. The number of aromatic amines is 1. The number of hydrogen-bond donors (Lipinski definition) is 3. The number of aliphatic hydroxyl groups excluding tert-OH is 2. The van der Waals surface area contributed by atoms with E-state index in [-0.39, 0.29) is 25.0 Å². The predicted molar refractivity (Wildman–Crippen MR) is 78.6 cm³/mol. The zero-order chi connectivity index (χ0) is 17.0. The molecule has 0 bridgehead atoms. The fourth-order valence-corrected chi connectivity index (χ4v) is 2.25. The number of nitrogens with zero attached hydrogens (tertiary/aromatic N) is 1. The summed E-state index contributed by atoms with van der Waals surface area (Å²) in [7, 11) is 1.25. The Bertz CT molecular complexity index is 706. The molecule has 1 fully saturated rings. The normalized spacial score (nSPS) is 24.2. The lowest BCUT2D eigenvalue weighted by Crippen LogP contribution is -2.33. The molecule has 1 saturated heterocycles. The van der Waals surface area contributed by atoms with Gasteiger partial charge >= 0.3 is 11.7 Å². The third-order valence-corrected chi connectivity index (χ3v) is 3.50. The average molecular weight is 326 g/mol. The van der Waals surface area contributed by atoms with E-state index in [9.17, 15) is 19.5 Å². The first-order chi connectivity index (χ1) is 11.0. The topological polar surface area (TPSA) is 131 Å². The van der Waals surface area contributed by atoms with Crippen LogP contribution in [-0.4, -0.2) is 51.7 Å². The lowest BCUT2D eigenvalue weighted by Gasteiger charge is -2.14. The largest absolute Gasteiger partial charge is 0.469 e. The number of methoxy groups -OCH3 is 1. The van der Waals surface area contributed by atoms with E-state index in [4.69, 9.17) is 9.84 Å². The molecular formula is C14H18N2O7. The molecule has 9 heteroatoms. The lowest BCUT2D eigenvalue weighted by molar-refractivity contribution is -0.139. The van der Waals surface area contributed by atoms with E-state index in [1.165, 1.54) is 25.5 Å². The quantitative estimate of drug-likeness (QED) is 0.576. The highest BCUT2D eigenvalue weighted by atomic mass is 16.5. The van der Waals surface area contributed by atoms with Gasteiger partial charge in [0.05, 0.1) is 31.8 Å². The fourth-order valence-electron chi connectivity index (χ4n) is 2.25. The van der Waals surface area contributed by atoms with Crippen LogP contribution in [0.3, 0.4) is 0 Å². The minimum Gasteiger partial charge on any atom is -0.469 e. The molecule has 1 unspecified atom stereocenters. The maximum absolute atomic E-state index is 11.9. The molecule has 126 valence electrons. The third kappa shape index (κ3) is 3.95. The van der Waals surface area contributed by atoms with Gasteiger partial charge in [-0.3, -0.25) is 19.1 Å². The number of carbonyl (C=O) groups is 1. The molecule has 1 aromatic heterocycles. The van der Waals surface area contributed by atoms with E-state index in [0.29, 0.717) is 0 Å². The van der Waals surface area contributed by atoms with Crippen molar-refractivity contribution in [1.29, 1.82) is 0 Å². The van der Waals surface area contributed by atoms with E-state index in [1.54, 1.807) is 0 Å². The Hall–Kier alpha value is -2.23. The number of carbonyl (C=O) groups excluding carboxylic acids is 1. The second-order valence-electron chi connectivity index (χ2n) is 5.05. The second-order valence-corrected chi connectivity index (χ2v) is 5.05. The molecule has 0 radical (unpaired) electrons. The summed E-state index contributed by atoms with van der Waals surface area (Å²) in [6, 6.07) is 0. The molecule has 0 aliphatic carbocycles. The Morgan fingerprint density at radius 2 is 2.30 bits per heavy atom. The Labute approximate surface area is 130 Å². The maximum atomic E-state index is 11.9.